The fourth-order valence-electron chi connectivity index (χ4n) is 2.38. The van der Waals surface area contributed by atoms with Crippen LogP contribution >= 0.6 is 0 Å². The number of hydrogen-bond acceptors (Lipinski definition) is 3. The number of carbonyl (C=O) groups is 1. The van der Waals surface area contributed by atoms with E-state index in [1.54, 1.807) is 12.1 Å². The topological polar surface area (TPSA) is 66.0 Å². The van der Waals surface area contributed by atoms with Crippen molar-refractivity contribution in [2.45, 2.75) is 6.92 Å². The standard InChI is InChI=1S/C21H16N2O2/c1-15-7-5-6-10-19(15)23-21(24)17(14-22)13-18-11-12-20(25-18)16-8-3-2-4-9-16/h2-13H,1H3,(H,23,24). The maximum Gasteiger partial charge on any atom is 0.266 e. The fraction of sp³-hybridized carbons (Fsp3) is 0.0476. The number of nitrogens with zero attached hydrogens (tertiary/aromatic N) is 1. The Kier molecular flexibility index (Phi) is 4.77. The average Bonchev–Trinajstić information content (AvgIpc) is 3.11. The van der Waals surface area contributed by atoms with Gasteiger partial charge in [-0.1, -0.05) is 48.5 Å². The van der Waals surface area contributed by atoms with E-state index in [0.717, 1.165) is 11.1 Å². The Hall–Kier alpha value is -3.58. The minimum atomic E-state index is -0.463. The molecule has 0 aliphatic heterocycles. The third kappa shape index (κ3) is 3.85. The van der Waals surface area contributed by atoms with E-state index in [1.165, 1.54) is 6.08 Å². The Morgan fingerprint density at radius 2 is 1.76 bits per heavy atom. The lowest BCUT2D eigenvalue weighted by atomic mass is 10.1. The number of nitrogens with one attached hydrogen (secondary N) is 1. The van der Waals surface area contributed by atoms with Gasteiger partial charge in [0.15, 0.2) is 0 Å². The first-order chi connectivity index (χ1) is 12.2. The number of anilines is 1. The van der Waals surface area contributed by atoms with Crippen LogP contribution in [0.3, 0.4) is 0 Å². The lowest BCUT2D eigenvalue weighted by Gasteiger charge is -2.06. The first-order valence-electron chi connectivity index (χ1n) is 7.81. The van der Waals surface area contributed by atoms with Crippen molar-refractivity contribution in [3.05, 3.63) is 83.6 Å². The van der Waals surface area contributed by atoms with Crippen LogP contribution in [0.1, 0.15) is 11.3 Å². The van der Waals surface area contributed by atoms with Crippen LogP contribution in [0.5, 0.6) is 0 Å². The molecule has 0 fully saturated rings. The van der Waals surface area contributed by atoms with E-state index in [-0.39, 0.29) is 5.57 Å². The van der Waals surface area contributed by atoms with Gasteiger partial charge in [-0.25, -0.2) is 0 Å². The van der Waals surface area contributed by atoms with Crippen molar-refractivity contribution < 1.29 is 9.21 Å². The maximum atomic E-state index is 12.3. The molecule has 1 aromatic heterocycles. The van der Waals surface area contributed by atoms with Gasteiger partial charge in [0, 0.05) is 17.3 Å². The van der Waals surface area contributed by atoms with Crippen molar-refractivity contribution in [3.8, 4) is 17.4 Å². The van der Waals surface area contributed by atoms with Crippen LogP contribution in [-0.4, -0.2) is 5.91 Å². The van der Waals surface area contributed by atoms with Crippen molar-refractivity contribution in [1.82, 2.24) is 0 Å². The third-order valence-electron chi connectivity index (χ3n) is 3.73. The molecule has 4 heteroatoms. The van der Waals surface area contributed by atoms with E-state index in [4.69, 9.17) is 4.42 Å². The van der Waals surface area contributed by atoms with Gasteiger partial charge in [-0.2, -0.15) is 5.26 Å². The van der Waals surface area contributed by atoms with E-state index < -0.39 is 5.91 Å². The molecule has 2 aromatic carbocycles. The van der Waals surface area contributed by atoms with Crippen LogP contribution in [0, 0.1) is 18.3 Å². The van der Waals surface area contributed by atoms with E-state index in [9.17, 15) is 10.1 Å². The Morgan fingerprint density at radius 1 is 1.04 bits per heavy atom. The molecule has 0 saturated heterocycles. The summed E-state index contributed by atoms with van der Waals surface area (Å²) < 4.78 is 5.72. The highest BCUT2D eigenvalue weighted by Gasteiger charge is 2.12. The summed E-state index contributed by atoms with van der Waals surface area (Å²) in [6.07, 6.45) is 1.44. The molecule has 25 heavy (non-hydrogen) atoms. The van der Waals surface area contributed by atoms with E-state index in [2.05, 4.69) is 5.32 Å². The van der Waals surface area contributed by atoms with Gasteiger partial charge in [0.2, 0.25) is 0 Å². The lowest BCUT2D eigenvalue weighted by molar-refractivity contribution is -0.112. The summed E-state index contributed by atoms with van der Waals surface area (Å²) >= 11 is 0. The molecular formula is C21H16N2O2. The second-order valence-corrected chi connectivity index (χ2v) is 5.51. The summed E-state index contributed by atoms with van der Waals surface area (Å²) in [5.74, 6) is 0.674. The molecule has 0 aliphatic carbocycles. The summed E-state index contributed by atoms with van der Waals surface area (Å²) in [4.78, 5) is 12.3. The highest BCUT2D eigenvalue weighted by molar-refractivity contribution is 6.09. The zero-order valence-electron chi connectivity index (χ0n) is 13.7. The fourth-order valence-corrected chi connectivity index (χ4v) is 2.38. The molecular weight excluding hydrogens is 312 g/mol. The quantitative estimate of drug-likeness (QED) is 0.552. The molecule has 0 aliphatic rings. The number of benzene rings is 2. The zero-order valence-corrected chi connectivity index (χ0v) is 13.7. The number of amides is 1. The minimum Gasteiger partial charge on any atom is -0.457 e. The number of nitriles is 1. The average molecular weight is 328 g/mol. The van der Waals surface area contributed by atoms with Crippen LogP contribution in [0.15, 0.2) is 76.7 Å². The Morgan fingerprint density at radius 3 is 2.48 bits per heavy atom. The van der Waals surface area contributed by atoms with Gasteiger partial charge in [-0.3, -0.25) is 4.79 Å². The number of carbonyl (C=O) groups excluding carboxylic acids is 1. The molecule has 0 atom stereocenters. The molecule has 1 heterocycles. The van der Waals surface area contributed by atoms with E-state index in [0.29, 0.717) is 17.2 Å². The zero-order chi connectivity index (χ0) is 17.6. The monoisotopic (exact) mass is 328 g/mol. The Balaban J connectivity index is 1.81. The van der Waals surface area contributed by atoms with Crippen molar-refractivity contribution in [1.29, 1.82) is 5.26 Å². The predicted molar refractivity (Wildman–Crippen MR) is 97.5 cm³/mol. The van der Waals surface area contributed by atoms with Crippen LogP contribution in [0.25, 0.3) is 17.4 Å². The number of para-hydroxylation sites is 1. The van der Waals surface area contributed by atoms with Crippen molar-refractivity contribution in [2.24, 2.45) is 0 Å². The minimum absolute atomic E-state index is 0.0165. The van der Waals surface area contributed by atoms with Gasteiger partial charge >= 0.3 is 0 Å². The lowest BCUT2D eigenvalue weighted by Crippen LogP contribution is -2.14. The largest absolute Gasteiger partial charge is 0.457 e. The molecule has 1 N–H and O–H groups in total. The second kappa shape index (κ2) is 7.33. The Labute approximate surface area is 146 Å². The Bertz CT molecular complexity index is 963. The smallest absolute Gasteiger partial charge is 0.266 e. The summed E-state index contributed by atoms with van der Waals surface area (Å²) in [6, 6.07) is 22.5. The first-order valence-corrected chi connectivity index (χ1v) is 7.81. The summed E-state index contributed by atoms with van der Waals surface area (Å²) in [5, 5.41) is 12.1. The normalized spacial score (nSPS) is 11.0. The molecule has 122 valence electrons. The van der Waals surface area contributed by atoms with Gasteiger partial charge in [-0.15, -0.1) is 0 Å². The van der Waals surface area contributed by atoms with E-state index >= 15 is 0 Å². The van der Waals surface area contributed by atoms with Crippen molar-refractivity contribution >= 4 is 17.7 Å². The van der Waals surface area contributed by atoms with Gasteiger partial charge < -0.3 is 9.73 Å². The third-order valence-corrected chi connectivity index (χ3v) is 3.73. The molecule has 0 unspecified atom stereocenters. The molecule has 3 rings (SSSR count). The van der Waals surface area contributed by atoms with E-state index in [1.807, 2.05) is 67.6 Å². The second-order valence-electron chi connectivity index (χ2n) is 5.51. The SMILES string of the molecule is Cc1ccccc1NC(=O)C(C#N)=Cc1ccc(-c2ccccc2)o1. The number of aryl methyl sites for hydroxylation is 1. The molecule has 0 saturated carbocycles. The number of rotatable bonds is 4. The summed E-state index contributed by atoms with van der Waals surface area (Å²) in [5.41, 5.74) is 2.53. The van der Waals surface area contributed by atoms with Crippen molar-refractivity contribution in [3.63, 3.8) is 0 Å². The predicted octanol–water partition coefficient (Wildman–Crippen LogP) is 4.80. The summed E-state index contributed by atoms with van der Waals surface area (Å²) in [6.45, 7) is 1.89. The van der Waals surface area contributed by atoms with Crippen LogP contribution < -0.4 is 5.32 Å². The maximum absolute atomic E-state index is 12.3. The first kappa shape index (κ1) is 16.3. The summed E-state index contributed by atoms with van der Waals surface area (Å²) in [7, 11) is 0. The molecule has 3 aromatic rings. The van der Waals surface area contributed by atoms with Gasteiger partial charge in [-0.05, 0) is 30.7 Å². The van der Waals surface area contributed by atoms with Crippen LogP contribution in [0.4, 0.5) is 5.69 Å². The molecule has 4 nitrogen and oxygen atoms in total. The van der Waals surface area contributed by atoms with Gasteiger partial charge in [0.1, 0.15) is 23.2 Å². The highest BCUT2D eigenvalue weighted by atomic mass is 16.3. The van der Waals surface area contributed by atoms with Gasteiger partial charge in [0.25, 0.3) is 5.91 Å². The van der Waals surface area contributed by atoms with Crippen LogP contribution in [-0.2, 0) is 4.79 Å². The number of furan rings is 1. The number of hydrogen-bond donors (Lipinski definition) is 1. The molecule has 0 radical (unpaired) electrons. The molecule has 0 bridgehead atoms. The molecule has 0 spiro atoms. The molecule has 1 amide bonds. The van der Waals surface area contributed by atoms with Crippen LogP contribution in [0.2, 0.25) is 0 Å². The highest BCUT2D eigenvalue weighted by Crippen LogP contribution is 2.23. The van der Waals surface area contributed by atoms with Gasteiger partial charge in [0.05, 0.1) is 0 Å². The van der Waals surface area contributed by atoms with Crippen molar-refractivity contribution in [2.75, 3.05) is 5.32 Å².